The van der Waals surface area contributed by atoms with Crippen LogP contribution in [0.2, 0.25) is 0 Å². The molecule has 1 heterocycles. The van der Waals surface area contributed by atoms with Crippen LogP contribution in [0.25, 0.3) is 11.4 Å². The fourth-order valence-electron chi connectivity index (χ4n) is 2.74. The van der Waals surface area contributed by atoms with Crippen LogP contribution in [0.4, 0.5) is 24.5 Å². The minimum Gasteiger partial charge on any atom is -0.355 e. The molecule has 0 atom stereocenters. The number of hydrogen-bond donors (Lipinski definition) is 2. The summed E-state index contributed by atoms with van der Waals surface area (Å²) in [5, 5.41) is 14.8. The van der Waals surface area contributed by atoms with Crippen LogP contribution in [0.5, 0.6) is 0 Å². The number of halogens is 3. The van der Waals surface area contributed by atoms with Gasteiger partial charge in [0.2, 0.25) is 15.8 Å². The van der Waals surface area contributed by atoms with Crippen molar-refractivity contribution in [1.29, 1.82) is 0 Å². The summed E-state index contributed by atoms with van der Waals surface area (Å²) >= 11 is 0. The molecular weight excluding hydrogens is 433 g/mol. The number of tetrazole rings is 1. The quantitative estimate of drug-likeness (QED) is 0.609. The van der Waals surface area contributed by atoms with E-state index in [0.29, 0.717) is 16.9 Å². The zero-order valence-electron chi connectivity index (χ0n) is 17.2. The van der Waals surface area contributed by atoms with Gasteiger partial charge in [0, 0.05) is 22.5 Å². The number of hydrogen-bond acceptors (Lipinski definition) is 6. The van der Waals surface area contributed by atoms with Crippen molar-refractivity contribution in [2.75, 3.05) is 5.32 Å². The summed E-state index contributed by atoms with van der Waals surface area (Å²) in [6, 6.07) is 8.74. The van der Waals surface area contributed by atoms with E-state index in [1.165, 1.54) is 35.1 Å². The van der Waals surface area contributed by atoms with Crippen LogP contribution in [-0.4, -0.2) is 34.2 Å². The zero-order chi connectivity index (χ0) is 23.0. The van der Waals surface area contributed by atoms with Crippen LogP contribution >= 0.6 is 0 Å². The Morgan fingerprint density at radius 3 is 2.16 bits per heavy atom. The number of rotatable bonds is 5. The third-order valence-corrected chi connectivity index (χ3v) is 5.74. The predicted molar refractivity (Wildman–Crippen MR) is 109 cm³/mol. The number of aryl methyl sites for hydroxylation is 1. The van der Waals surface area contributed by atoms with Crippen molar-refractivity contribution >= 4 is 21.4 Å². The van der Waals surface area contributed by atoms with Crippen LogP contribution in [-0.2, 0) is 23.2 Å². The van der Waals surface area contributed by atoms with Gasteiger partial charge in [0.05, 0.1) is 17.5 Å². The van der Waals surface area contributed by atoms with Crippen LogP contribution < -0.4 is 10.0 Å². The second kappa shape index (κ2) is 7.93. The normalized spacial score (nSPS) is 12.7. The van der Waals surface area contributed by atoms with Gasteiger partial charge in [-0.25, -0.2) is 13.1 Å². The van der Waals surface area contributed by atoms with Gasteiger partial charge in [-0.2, -0.15) is 18.0 Å². The Morgan fingerprint density at radius 2 is 1.65 bits per heavy atom. The lowest BCUT2D eigenvalue weighted by Gasteiger charge is -2.21. The lowest BCUT2D eigenvalue weighted by molar-refractivity contribution is -0.137. The first kappa shape index (κ1) is 22.7. The second-order valence-electron chi connectivity index (χ2n) is 7.87. The van der Waals surface area contributed by atoms with Crippen molar-refractivity contribution in [3.05, 3.63) is 48.0 Å². The molecule has 0 saturated carbocycles. The van der Waals surface area contributed by atoms with Gasteiger partial charge in [0.25, 0.3) is 0 Å². The molecule has 2 N–H and O–H groups in total. The van der Waals surface area contributed by atoms with Crippen molar-refractivity contribution in [3.8, 4) is 11.4 Å². The van der Waals surface area contributed by atoms with Gasteiger partial charge in [0.1, 0.15) is 0 Å². The number of sulfonamides is 1. The number of alkyl halides is 3. The molecule has 0 aliphatic heterocycles. The highest BCUT2D eigenvalue weighted by molar-refractivity contribution is 7.89. The lowest BCUT2D eigenvalue weighted by atomic mass is 10.1. The Kier molecular flexibility index (Phi) is 5.80. The number of aromatic nitrogens is 4. The number of anilines is 2. The van der Waals surface area contributed by atoms with Gasteiger partial charge < -0.3 is 5.32 Å². The summed E-state index contributed by atoms with van der Waals surface area (Å²) in [4.78, 5) is 1.20. The average molecular weight is 454 g/mol. The molecule has 3 rings (SSSR count). The highest BCUT2D eigenvalue weighted by atomic mass is 32.2. The fourth-order valence-corrected chi connectivity index (χ4v) is 4.18. The Balaban J connectivity index is 2.02. The minimum absolute atomic E-state index is 0.0113. The van der Waals surface area contributed by atoms with Crippen LogP contribution in [0.3, 0.4) is 0 Å². The first-order valence-electron chi connectivity index (χ1n) is 9.11. The highest BCUT2D eigenvalue weighted by Gasteiger charge is 2.30. The number of nitrogens with zero attached hydrogens (tertiary/aromatic N) is 4. The third-order valence-electron chi connectivity index (χ3n) is 3.98. The van der Waals surface area contributed by atoms with E-state index >= 15 is 0 Å². The Bertz CT molecular complexity index is 1180. The molecule has 0 amide bonds. The summed E-state index contributed by atoms with van der Waals surface area (Å²) in [5.41, 5.74) is -0.363. The van der Waals surface area contributed by atoms with Crippen molar-refractivity contribution in [2.45, 2.75) is 37.4 Å². The first-order valence-corrected chi connectivity index (χ1v) is 10.6. The van der Waals surface area contributed by atoms with E-state index in [1.807, 2.05) is 0 Å². The van der Waals surface area contributed by atoms with Gasteiger partial charge in [-0.05, 0) is 68.4 Å². The molecule has 0 spiro atoms. The summed E-state index contributed by atoms with van der Waals surface area (Å²) in [6.07, 6.45) is -4.44. The Morgan fingerprint density at radius 1 is 1.00 bits per heavy atom. The Hall–Kier alpha value is -2.99. The molecule has 12 heteroatoms. The van der Waals surface area contributed by atoms with Gasteiger partial charge in [-0.3, -0.25) is 0 Å². The van der Waals surface area contributed by atoms with E-state index in [9.17, 15) is 21.6 Å². The maximum absolute atomic E-state index is 12.8. The average Bonchev–Trinajstić information content (AvgIpc) is 3.06. The van der Waals surface area contributed by atoms with E-state index in [2.05, 4.69) is 25.4 Å². The van der Waals surface area contributed by atoms with E-state index < -0.39 is 27.3 Å². The van der Waals surface area contributed by atoms with Crippen LogP contribution in [0.15, 0.2) is 47.4 Å². The van der Waals surface area contributed by atoms with Crippen molar-refractivity contribution in [1.82, 2.24) is 24.9 Å². The monoisotopic (exact) mass is 454 g/mol. The second-order valence-corrected chi connectivity index (χ2v) is 9.55. The third kappa shape index (κ3) is 5.58. The molecule has 166 valence electrons. The molecule has 3 aromatic rings. The number of benzene rings is 2. The zero-order valence-corrected chi connectivity index (χ0v) is 18.0. The molecule has 0 unspecified atom stereocenters. The molecule has 0 saturated heterocycles. The molecule has 31 heavy (non-hydrogen) atoms. The van der Waals surface area contributed by atoms with E-state index in [1.54, 1.807) is 27.8 Å². The maximum atomic E-state index is 12.8. The van der Waals surface area contributed by atoms with Crippen molar-refractivity contribution in [3.63, 3.8) is 0 Å². The lowest BCUT2D eigenvalue weighted by Crippen LogP contribution is -2.40. The maximum Gasteiger partial charge on any atom is 0.416 e. The largest absolute Gasteiger partial charge is 0.416 e. The smallest absolute Gasteiger partial charge is 0.355 e. The van der Waals surface area contributed by atoms with E-state index in [-0.39, 0.29) is 10.7 Å². The standard InChI is InChI=1S/C19H21F3N6O2S/c1-18(2,3)26-31(29,30)14-9-10-16(15(11-14)17-24-27-28(4)25-17)23-13-7-5-12(6-8-13)19(20,21)22/h5-11,23,26H,1-4H3. The van der Waals surface area contributed by atoms with E-state index in [4.69, 9.17) is 0 Å². The van der Waals surface area contributed by atoms with Crippen molar-refractivity contribution < 1.29 is 21.6 Å². The summed E-state index contributed by atoms with van der Waals surface area (Å²) < 4.78 is 66.4. The fraction of sp³-hybridized carbons (Fsp3) is 0.316. The molecule has 1 aromatic heterocycles. The molecule has 0 aliphatic carbocycles. The van der Waals surface area contributed by atoms with Crippen molar-refractivity contribution in [2.24, 2.45) is 7.05 Å². The molecule has 0 radical (unpaired) electrons. The van der Waals surface area contributed by atoms with Gasteiger partial charge in [-0.1, -0.05) is 0 Å². The Labute approximate surface area is 177 Å². The molecule has 0 fully saturated rings. The van der Waals surface area contributed by atoms with Gasteiger partial charge >= 0.3 is 6.18 Å². The molecule has 2 aromatic carbocycles. The summed E-state index contributed by atoms with van der Waals surface area (Å²) in [5.74, 6) is 0.157. The number of nitrogens with one attached hydrogen (secondary N) is 2. The van der Waals surface area contributed by atoms with Crippen LogP contribution in [0, 0.1) is 0 Å². The SMILES string of the molecule is Cn1nnc(-c2cc(S(=O)(=O)NC(C)(C)C)ccc2Nc2ccc(C(F)(F)F)cc2)n1. The summed E-state index contributed by atoms with van der Waals surface area (Å²) in [7, 11) is -2.28. The minimum atomic E-state index is -4.44. The highest BCUT2D eigenvalue weighted by Crippen LogP contribution is 2.33. The van der Waals surface area contributed by atoms with Crippen LogP contribution in [0.1, 0.15) is 26.3 Å². The predicted octanol–water partition coefficient (Wildman–Crippen LogP) is 3.72. The molecular formula is C19H21F3N6O2S. The van der Waals surface area contributed by atoms with E-state index in [0.717, 1.165) is 12.1 Å². The van der Waals surface area contributed by atoms with Gasteiger partial charge in [-0.15, -0.1) is 10.2 Å². The topological polar surface area (TPSA) is 102 Å². The molecule has 0 aliphatic rings. The molecule has 8 nitrogen and oxygen atoms in total. The van der Waals surface area contributed by atoms with Gasteiger partial charge in [0.15, 0.2) is 0 Å². The molecule has 0 bridgehead atoms. The first-order chi connectivity index (χ1) is 14.2. The summed E-state index contributed by atoms with van der Waals surface area (Å²) in [6.45, 7) is 5.16.